The van der Waals surface area contributed by atoms with Crippen molar-refractivity contribution in [1.82, 2.24) is 5.32 Å². The highest BCUT2D eigenvalue weighted by Gasteiger charge is 2.09. The summed E-state index contributed by atoms with van der Waals surface area (Å²) < 4.78 is 0. The van der Waals surface area contributed by atoms with E-state index in [9.17, 15) is 0 Å². The molecule has 0 bridgehead atoms. The van der Waals surface area contributed by atoms with Gasteiger partial charge in [-0.25, -0.2) is 0 Å². The zero-order valence-corrected chi connectivity index (χ0v) is 5.72. The summed E-state index contributed by atoms with van der Waals surface area (Å²) in [6, 6.07) is 0. The van der Waals surface area contributed by atoms with Gasteiger partial charge in [-0.1, -0.05) is 6.92 Å². The molecule has 0 aliphatic carbocycles. The van der Waals surface area contributed by atoms with Crippen molar-refractivity contribution in [3.05, 3.63) is 0 Å². The molecule has 0 spiro atoms. The monoisotopic (exact) mass is 127 g/mol. The van der Waals surface area contributed by atoms with Gasteiger partial charge in [0.05, 0.1) is 0 Å². The molecular weight excluding hydrogens is 114 g/mol. The van der Waals surface area contributed by atoms with Crippen molar-refractivity contribution in [3.8, 4) is 0 Å². The molecule has 0 saturated carbocycles. The number of hydrogen-bond donors (Lipinski definition) is 2. The van der Waals surface area contributed by atoms with Gasteiger partial charge in [0.2, 0.25) is 0 Å². The second-order valence-electron chi connectivity index (χ2n) is 2.38. The lowest BCUT2D eigenvalue weighted by atomic mass is 10.1. The molecule has 52 valence electrons. The first-order valence-electron chi connectivity index (χ1n) is 3.36. The van der Waals surface area contributed by atoms with E-state index in [1.165, 1.54) is 6.42 Å². The Morgan fingerprint density at radius 3 is 3.11 bits per heavy atom. The first-order valence-corrected chi connectivity index (χ1v) is 3.36. The van der Waals surface area contributed by atoms with Gasteiger partial charge in [0.1, 0.15) is 0 Å². The molecule has 0 aromatic heterocycles. The average molecular weight is 127 g/mol. The summed E-state index contributed by atoms with van der Waals surface area (Å²) in [6.07, 6.45) is 1.18. The number of nitrogens with two attached hydrogens (primary N) is 1. The summed E-state index contributed by atoms with van der Waals surface area (Å²) in [5, 5.41) is 3.01. The van der Waals surface area contributed by atoms with Gasteiger partial charge in [0.25, 0.3) is 0 Å². The Bertz CT molecular complexity index is 119. The Balaban J connectivity index is 2.36. The zero-order valence-electron chi connectivity index (χ0n) is 5.72. The molecule has 3 nitrogen and oxygen atoms in total. The number of hydrogen-bond acceptors (Lipinski definition) is 3. The van der Waals surface area contributed by atoms with Crippen LogP contribution < -0.4 is 11.1 Å². The molecular formula is C6H13N3. The van der Waals surface area contributed by atoms with Crippen molar-refractivity contribution in [2.75, 3.05) is 13.1 Å². The first kappa shape index (κ1) is 6.39. The van der Waals surface area contributed by atoms with Crippen LogP contribution in [0.1, 0.15) is 13.3 Å². The third kappa shape index (κ3) is 1.59. The fourth-order valence-corrected chi connectivity index (χ4v) is 0.870. The maximum atomic E-state index is 5.39. The lowest BCUT2D eigenvalue weighted by Gasteiger charge is -2.18. The minimum absolute atomic E-state index is 0.597. The Hall–Kier alpha value is -0.730. The molecule has 0 amide bonds. The summed E-state index contributed by atoms with van der Waals surface area (Å²) >= 11 is 0. The van der Waals surface area contributed by atoms with Gasteiger partial charge >= 0.3 is 0 Å². The van der Waals surface area contributed by atoms with Crippen LogP contribution in [0.25, 0.3) is 0 Å². The summed E-state index contributed by atoms with van der Waals surface area (Å²) in [5.74, 6) is 1.29. The van der Waals surface area contributed by atoms with Crippen LogP contribution >= 0.6 is 0 Å². The predicted octanol–water partition coefficient (Wildman–Crippen LogP) is -0.0695. The highest BCUT2D eigenvalue weighted by molar-refractivity contribution is 5.78. The summed E-state index contributed by atoms with van der Waals surface area (Å²) in [5.41, 5.74) is 5.39. The van der Waals surface area contributed by atoms with Crippen LogP contribution in [0.3, 0.4) is 0 Å². The van der Waals surface area contributed by atoms with E-state index in [1.807, 2.05) is 0 Å². The van der Waals surface area contributed by atoms with E-state index in [0.29, 0.717) is 11.9 Å². The molecule has 0 saturated heterocycles. The minimum atomic E-state index is 0.597. The third-order valence-electron chi connectivity index (χ3n) is 1.67. The van der Waals surface area contributed by atoms with Crippen molar-refractivity contribution >= 4 is 5.96 Å². The third-order valence-corrected chi connectivity index (χ3v) is 1.67. The highest BCUT2D eigenvalue weighted by atomic mass is 15.1. The first-order chi connectivity index (χ1) is 4.33. The van der Waals surface area contributed by atoms with Crippen LogP contribution in [-0.2, 0) is 0 Å². The highest BCUT2D eigenvalue weighted by Crippen LogP contribution is 2.03. The van der Waals surface area contributed by atoms with E-state index in [1.54, 1.807) is 0 Å². The van der Waals surface area contributed by atoms with E-state index >= 15 is 0 Å². The molecule has 3 heteroatoms. The number of guanidine groups is 1. The smallest absolute Gasteiger partial charge is 0.188 e. The summed E-state index contributed by atoms with van der Waals surface area (Å²) in [6.45, 7) is 4.06. The van der Waals surface area contributed by atoms with Gasteiger partial charge < -0.3 is 11.1 Å². The van der Waals surface area contributed by atoms with Crippen LogP contribution in [0, 0.1) is 5.92 Å². The molecule has 3 N–H and O–H groups in total. The molecule has 0 radical (unpaired) electrons. The molecule has 1 heterocycles. The second kappa shape index (κ2) is 2.71. The van der Waals surface area contributed by atoms with Crippen molar-refractivity contribution in [3.63, 3.8) is 0 Å². The van der Waals surface area contributed by atoms with Gasteiger partial charge in [-0.15, -0.1) is 0 Å². The number of nitrogens with zero attached hydrogens (tertiary/aromatic N) is 1. The molecule has 0 aromatic rings. The summed E-state index contributed by atoms with van der Waals surface area (Å²) in [4.78, 5) is 4.07. The van der Waals surface area contributed by atoms with E-state index in [2.05, 4.69) is 17.2 Å². The zero-order chi connectivity index (χ0) is 6.69. The maximum Gasteiger partial charge on any atom is 0.188 e. The molecule has 1 aliphatic rings. The lowest BCUT2D eigenvalue weighted by Crippen LogP contribution is -2.40. The number of nitrogens with one attached hydrogen (secondary N) is 1. The Kier molecular flexibility index (Phi) is 1.92. The van der Waals surface area contributed by atoms with Gasteiger partial charge in [-0.2, -0.15) is 0 Å². The van der Waals surface area contributed by atoms with Crippen LogP contribution in [-0.4, -0.2) is 19.0 Å². The molecule has 1 aliphatic heterocycles. The van der Waals surface area contributed by atoms with Gasteiger partial charge in [-0.3, -0.25) is 4.99 Å². The molecule has 0 aromatic carbocycles. The SMILES string of the molecule is CCC1CN=C(N)NC1. The molecule has 9 heavy (non-hydrogen) atoms. The topological polar surface area (TPSA) is 50.4 Å². The van der Waals surface area contributed by atoms with Crippen molar-refractivity contribution in [2.24, 2.45) is 16.6 Å². The minimum Gasteiger partial charge on any atom is -0.370 e. The maximum absolute atomic E-state index is 5.39. The molecule has 1 unspecified atom stereocenters. The number of rotatable bonds is 1. The van der Waals surface area contributed by atoms with Gasteiger partial charge in [0, 0.05) is 13.1 Å². The summed E-state index contributed by atoms with van der Waals surface area (Å²) in [7, 11) is 0. The van der Waals surface area contributed by atoms with Crippen LogP contribution in [0.5, 0.6) is 0 Å². The Morgan fingerprint density at radius 2 is 2.67 bits per heavy atom. The standard InChI is InChI=1S/C6H13N3/c1-2-5-3-8-6(7)9-4-5/h5H,2-4H2,1H3,(H3,7,8,9). The number of aliphatic imine (C=N–C) groups is 1. The van der Waals surface area contributed by atoms with Gasteiger partial charge in [0.15, 0.2) is 5.96 Å². The molecule has 0 fully saturated rings. The quantitative estimate of drug-likeness (QED) is 0.518. The van der Waals surface area contributed by atoms with E-state index < -0.39 is 0 Å². The average Bonchev–Trinajstić information content (AvgIpc) is 1.90. The van der Waals surface area contributed by atoms with Crippen LogP contribution in [0.15, 0.2) is 4.99 Å². The predicted molar refractivity (Wildman–Crippen MR) is 38.3 cm³/mol. The second-order valence-corrected chi connectivity index (χ2v) is 2.38. The van der Waals surface area contributed by atoms with Crippen molar-refractivity contribution in [1.29, 1.82) is 0 Å². The van der Waals surface area contributed by atoms with Crippen LogP contribution in [0.2, 0.25) is 0 Å². The lowest BCUT2D eigenvalue weighted by molar-refractivity contribution is 0.491. The van der Waals surface area contributed by atoms with E-state index in [4.69, 9.17) is 5.73 Å². The van der Waals surface area contributed by atoms with Gasteiger partial charge in [-0.05, 0) is 12.3 Å². The van der Waals surface area contributed by atoms with E-state index in [0.717, 1.165) is 13.1 Å². The van der Waals surface area contributed by atoms with Crippen molar-refractivity contribution in [2.45, 2.75) is 13.3 Å². The van der Waals surface area contributed by atoms with Crippen molar-refractivity contribution < 1.29 is 0 Å². The van der Waals surface area contributed by atoms with E-state index in [-0.39, 0.29) is 0 Å². The molecule has 1 atom stereocenters. The largest absolute Gasteiger partial charge is 0.370 e. The molecule has 1 rings (SSSR count). The fourth-order valence-electron chi connectivity index (χ4n) is 0.870. The van der Waals surface area contributed by atoms with Crippen LogP contribution in [0.4, 0.5) is 0 Å². The Labute approximate surface area is 55.3 Å². The Morgan fingerprint density at radius 1 is 1.89 bits per heavy atom. The normalized spacial score (nSPS) is 26.8. The fraction of sp³-hybridized carbons (Fsp3) is 0.833.